The van der Waals surface area contributed by atoms with Crippen LogP contribution in [-0.2, 0) is 0 Å². The summed E-state index contributed by atoms with van der Waals surface area (Å²) in [6.45, 7) is 5.63. The predicted octanol–water partition coefficient (Wildman–Crippen LogP) is 1.18. The minimum absolute atomic E-state index is 0.646. The van der Waals surface area contributed by atoms with Crippen molar-refractivity contribution in [2.75, 3.05) is 0 Å². The molecule has 1 rings (SSSR count). The number of tetrazole rings is 1. The lowest BCUT2D eigenvalue weighted by Gasteiger charge is -1.93. The van der Waals surface area contributed by atoms with Gasteiger partial charge in [-0.15, -0.1) is 10.2 Å². The molecule has 0 bridgehead atoms. The average molecular weight is 150 g/mol. The van der Waals surface area contributed by atoms with Gasteiger partial charge in [0.2, 0.25) is 5.82 Å². The van der Waals surface area contributed by atoms with E-state index in [9.17, 15) is 0 Å². The van der Waals surface area contributed by atoms with Gasteiger partial charge in [0.05, 0.1) is 0 Å². The summed E-state index contributed by atoms with van der Waals surface area (Å²) >= 11 is 0. The van der Waals surface area contributed by atoms with Crippen LogP contribution in [0.15, 0.2) is 18.7 Å². The van der Waals surface area contributed by atoms with Crippen LogP contribution in [0.3, 0.4) is 0 Å². The predicted molar refractivity (Wildman–Crippen MR) is 42.6 cm³/mol. The lowest BCUT2D eigenvalue weighted by atomic mass is 10.2. The van der Waals surface area contributed by atoms with Crippen molar-refractivity contribution in [1.82, 2.24) is 20.6 Å². The molecular weight excluding hydrogens is 140 g/mol. The zero-order valence-electron chi connectivity index (χ0n) is 6.41. The second kappa shape index (κ2) is 3.65. The second-order valence-corrected chi connectivity index (χ2v) is 2.02. The number of aromatic nitrogens is 4. The summed E-state index contributed by atoms with van der Waals surface area (Å²) in [5.74, 6) is 0.646. The van der Waals surface area contributed by atoms with Gasteiger partial charge in [-0.05, 0) is 11.6 Å². The summed E-state index contributed by atoms with van der Waals surface area (Å²) in [5, 5.41) is 13.5. The average Bonchev–Trinajstić information content (AvgIpc) is 2.52. The Hall–Kier alpha value is -1.45. The maximum Gasteiger partial charge on any atom is 0.200 e. The third-order valence-corrected chi connectivity index (χ3v) is 1.33. The Balaban J connectivity index is 2.88. The molecule has 0 saturated carbocycles. The Bertz CT molecular complexity index is 247. The van der Waals surface area contributed by atoms with Crippen molar-refractivity contribution in [3.63, 3.8) is 0 Å². The highest BCUT2D eigenvalue weighted by molar-refractivity contribution is 5.60. The molecule has 58 valence electrons. The van der Waals surface area contributed by atoms with Crippen LogP contribution in [0.5, 0.6) is 0 Å². The molecule has 1 aromatic rings. The zero-order chi connectivity index (χ0) is 8.10. The van der Waals surface area contributed by atoms with E-state index in [0.29, 0.717) is 5.82 Å². The van der Waals surface area contributed by atoms with Crippen LogP contribution < -0.4 is 0 Å². The summed E-state index contributed by atoms with van der Waals surface area (Å²) in [6.07, 6.45) is 4.48. The van der Waals surface area contributed by atoms with Crippen LogP contribution in [0.2, 0.25) is 0 Å². The lowest BCUT2D eigenvalue weighted by molar-refractivity contribution is 0.881. The Kier molecular flexibility index (Phi) is 2.54. The van der Waals surface area contributed by atoms with Gasteiger partial charge >= 0.3 is 0 Å². The molecule has 0 aliphatic rings. The van der Waals surface area contributed by atoms with E-state index >= 15 is 0 Å². The minimum atomic E-state index is 0.646. The first-order valence-corrected chi connectivity index (χ1v) is 3.44. The normalized spacial score (nSPS) is 11.5. The number of H-pyrrole nitrogens is 1. The van der Waals surface area contributed by atoms with Crippen molar-refractivity contribution in [3.8, 4) is 0 Å². The van der Waals surface area contributed by atoms with E-state index in [-0.39, 0.29) is 0 Å². The van der Waals surface area contributed by atoms with E-state index in [0.717, 1.165) is 12.0 Å². The highest BCUT2D eigenvalue weighted by atomic mass is 15.5. The van der Waals surface area contributed by atoms with E-state index in [1.807, 2.05) is 13.0 Å². The zero-order valence-corrected chi connectivity index (χ0v) is 6.41. The fraction of sp³-hybridized carbons (Fsp3) is 0.286. The molecule has 0 aromatic carbocycles. The third-order valence-electron chi connectivity index (χ3n) is 1.33. The van der Waals surface area contributed by atoms with Crippen LogP contribution in [0.25, 0.3) is 5.57 Å². The molecule has 1 heterocycles. The number of hydrogen-bond acceptors (Lipinski definition) is 3. The van der Waals surface area contributed by atoms with Crippen molar-refractivity contribution in [2.24, 2.45) is 0 Å². The largest absolute Gasteiger partial charge is 0.200 e. The van der Waals surface area contributed by atoms with Gasteiger partial charge in [0.1, 0.15) is 0 Å². The molecule has 1 N–H and O–H groups in total. The van der Waals surface area contributed by atoms with Gasteiger partial charge in [-0.2, -0.15) is 5.21 Å². The van der Waals surface area contributed by atoms with Gasteiger partial charge in [-0.3, -0.25) is 0 Å². The van der Waals surface area contributed by atoms with Gasteiger partial charge in [0.25, 0.3) is 0 Å². The Labute approximate surface area is 65.0 Å². The first-order chi connectivity index (χ1) is 5.38. The van der Waals surface area contributed by atoms with Gasteiger partial charge in [0.15, 0.2) is 0 Å². The molecule has 0 fully saturated rings. The van der Waals surface area contributed by atoms with Crippen LogP contribution in [0.1, 0.15) is 19.2 Å². The topological polar surface area (TPSA) is 54.5 Å². The summed E-state index contributed by atoms with van der Waals surface area (Å²) in [7, 11) is 0. The number of nitrogens with zero attached hydrogens (tertiary/aromatic N) is 3. The van der Waals surface area contributed by atoms with Gasteiger partial charge < -0.3 is 0 Å². The molecular formula is C7H10N4. The molecule has 1 aromatic heterocycles. The van der Waals surface area contributed by atoms with Crippen molar-refractivity contribution in [2.45, 2.75) is 13.3 Å². The molecule has 0 unspecified atom stereocenters. The summed E-state index contributed by atoms with van der Waals surface area (Å²) in [6, 6.07) is 0. The minimum Gasteiger partial charge on any atom is -0.177 e. The number of nitrogens with one attached hydrogen (secondary N) is 1. The first kappa shape index (κ1) is 7.65. The van der Waals surface area contributed by atoms with Crippen LogP contribution in [0.4, 0.5) is 0 Å². The van der Waals surface area contributed by atoms with Gasteiger partial charge in [-0.25, -0.2) is 0 Å². The Morgan fingerprint density at radius 1 is 1.73 bits per heavy atom. The van der Waals surface area contributed by atoms with E-state index < -0.39 is 0 Å². The maximum atomic E-state index is 3.84. The van der Waals surface area contributed by atoms with Crippen molar-refractivity contribution in [3.05, 3.63) is 24.6 Å². The third kappa shape index (κ3) is 1.73. The Morgan fingerprint density at radius 2 is 2.55 bits per heavy atom. The Morgan fingerprint density at radius 3 is 3.00 bits per heavy atom. The SMILES string of the molecule is C=C/C=C(\CC)c1nn[nH]n1. The van der Waals surface area contributed by atoms with E-state index in [2.05, 4.69) is 27.2 Å². The molecule has 4 nitrogen and oxygen atoms in total. The van der Waals surface area contributed by atoms with Gasteiger partial charge in [0, 0.05) is 5.57 Å². The van der Waals surface area contributed by atoms with Crippen molar-refractivity contribution < 1.29 is 0 Å². The summed E-state index contributed by atoms with van der Waals surface area (Å²) in [5.41, 5.74) is 1.04. The molecule has 0 radical (unpaired) electrons. The highest BCUT2D eigenvalue weighted by Crippen LogP contribution is 2.10. The molecule has 4 heteroatoms. The maximum absolute atomic E-state index is 3.84. The summed E-state index contributed by atoms with van der Waals surface area (Å²) < 4.78 is 0. The molecule has 0 aliphatic carbocycles. The van der Waals surface area contributed by atoms with E-state index in [1.54, 1.807) is 6.08 Å². The summed E-state index contributed by atoms with van der Waals surface area (Å²) in [4.78, 5) is 0. The first-order valence-electron chi connectivity index (χ1n) is 3.44. The second-order valence-electron chi connectivity index (χ2n) is 2.02. The lowest BCUT2D eigenvalue weighted by Crippen LogP contribution is -1.85. The molecule has 0 amide bonds. The van der Waals surface area contributed by atoms with Gasteiger partial charge in [-0.1, -0.05) is 25.7 Å². The van der Waals surface area contributed by atoms with Crippen molar-refractivity contribution >= 4 is 5.57 Å². The fourth-order valence-electron chi connectivity index (χ4n) is 0.791. The smallest absolute Gasteiger partial charge is 0.177 e. The fourth-order valence-corrected chi connectivity index (χ4v) is 0.791. The quantitative estimate of drug-likeness (QED) is 0.658. The van der Waals surface area contributed by atoms with Crippen LogP contribution in [-0.4, -0.2) is 20.6 Å². The monoisotopic (exact) mass is 150 g/mol. The van der Waals surface area contributed by atoms with Crippen LogP contribution >= 0.6 is 0 Å². The highest BCUT2D eigenvalue weighted by Gasteiger charge is 2.01. The molecule has 0 spiro atoms. The van der Waals surface area contributed by atoms with E-state index in [4.69, 9.17) is 0 Å². The number of allylic oxidation sites excluding steroid dienone is 3. The molecule has 0 saturated heterocycles. The number of hydrogen-bond donors (Lipinski definition) is 1. The molecule has 0 atom stereocenters. The van der Waals surface area contributed by atoms with E-state index in [1.165, 1.54) is 0 Å². The number of rotatable bonds is 3. The molecule has 0 aliphatic heterocycles. The standard InChI is InChI=1S/C7H10N4/c1-3-5-6(4-2)7-8-10-11-9-7/h3,5H,1,4H2,2H3,(H,8,9,10,11)/b6-5+. The van der Waals surface area contributed by atoms with Crippen LogP contribution in [0, 0.1) is 0 Å². The number of aromatic amines is 1. The molecule has 11 heavy (non-hydrogen) atoms. The van der Waals surface area contributed by atoms with Crippen molar-refractivity contribution in [1.29, 1.82) is 0 Å².